The molecule has 1 atom stereocenters. The van der Waals surface area contributed by atoms with Gasteiger partial charge in [-0.3, -0.25) is 9.69 Å². The molecular weight excluding hydrogens is 495 g/mol. The number of carboxylic acid groups (broad SMARTS) is 1. The van der Waals surface area contributed by atoms with Crippen LogP contribution in [-0.4, -0.2) is 45.4 Å². The van der Waals surface area contributed by atoms with Gasteiger partial charge in [0.15, 0.2) is 6.61 Å². The molecule has 12 heteroatoms. The molecule has 0 radical (unpaired) electrons. The first kappa shape index (κ1) is 27.5. The van der Waals surface area contributed by atoms with E-state index in [0.29, 0.717) is 11.3 Å². The Balaban J connectivity index is 1.63. The summed E-state index contributed by atoms with van der Waals surface area (Å²) in [4.78, 5) is 28.9. The number of ether oxygens (including phenoxy) is 2. The highest BCUT2D eigenvalue weighted by atomic mass is 19.4. The Labute approximate surface area is 210 Å². The highest BCUT2D eigenvalue weighted by molar-refractivity contribution is 5.77. The van der Waals surface area contributed by atoms with Crippen LogP contribution in [0.4, 0.5) is 18.0 Å². The number of benzene rings is 2. The summed E-state index contributed by atoms with van der Waals surface area (Å²) in [5, 5.41) is 13.0. The molecule has 9 nitrogen and oxygen atoms in total. The van der Waals surface area contributed by atoms with Gasteiger partial charge in [-0.05, 0) is 48.7 Å². The van der Waals surface area contributed by atoms with E-state index in [4.69, 9.17) is 14.0 Å². The Hall–Kier alpha value is -4.09. The number of alkyl halides is 3. The number of nitrogens with zero attached hydrogens (tertiary/aromatic N) is 3. The minimum Gasteiger partial charge on any atom is -0.485 e. The number of aliphatic carboxylic acids is 1. The minimum atomic E-state index is -4.50. The number of rotatable bonds is 10. The zero-order chi connectivity index (χ0) is 27.2. The molecule has 0 fully saturated rings. The molecule has 1 N–H and O–H groups in total. The Morgan fingerprint density at radius 3 is 2.43 bits per heavy atom. The van der Waals surface area contributed by atoms with Crippen LogP contribution in [0.5, 0.6) is 5.75 Å². The molecule has 37 heavy (non-hydrogen) atoms. The van der Waals surface area contributed by atoms with Gasteiger partial charge in [0.1, 0.15) is 12.3 Å². The molecule has 3 rings (SSSR count). The Morgan fingerprint density at radius 1 is 1.11 bits per heavy atom. The lowest BCUT2D eigenvalue weighted by atomic mass is 10.1. The Kier molecular flexibility index (Phi) is 8.74. The summed E-state index contributed by atoms with van der Waals surface area (Å²) < 4.78 is 54.7. The number of halogens is 3. The average Bonchev–Trinajstić information content (AvgIpc) is 3.33. The second-order valence-corrected chi connectivity index (χ2v) is 8.62. The zero-order valence-electron chi connectivity index (χ0n) is 20.4. The molecule has 0 unspecified atom stereocenters. The number of hydrogen-bond acceptors (Lipinski definition) is 7. The van der Waals surface area contributed by atoms with E-state index in [0.717, 1.165) is 17.0 Å². The van der Waals surface area contributed by atoms with Gasteiger partial charge in [-0.2, -0.15) is 18.2 Å². The minimum absolute atomic E-state index is 0.0725. The Bertz CT molecular complexity index is 1210. The van der Waals surface area contributed by atoms with Gasteiger partial charge in [0.25, 0.3) is 5.89 Å². The van der Waals surface area contributed by atoms with Crippen molar-refractivity contribution in [2.75, 3.05) is 13.2 Å². The quantitative estimate of drug-likeness (QED) is 0.368. The lowest BCUT2D eigenvalue weighted by Crippen LogP contribution is -2.38. The summed E-state index contributed by atoms with van der Waals surface area (Å²) in [6.45, 7) is 4.96. The van der Waals surface area contributed by atoms with Crippen LogP contribution >= 0.6 is 0 Å². The van der Waals surface area contributed by atoms with Crippen molar-refractivity contribution in [2.45, 2.75) is 39.6 Å². The molecule has 2 aromatic carbocycles. The maximum Gasteiger partial charge on any atom is 0.416 e. The first-order valence-corrected chi connectivity index (χ1v) is 11.3. The van der Waals surface area contributed by atoms with Crippen molar-refractivity contribution in [1.29, 1.82) is 0 Å². The maximum atomic E-state index is 12.9. The monoisotopic (exact) mass is 521 g/mol. The lowest BCUT2D eigenvalue weighted by Gasteiger charge is -2.27. The smallest absolute Gasteiger partial charge is 0.416 e. The van der Waals surface area contributed by atoms with Crippen molar-refractivity contribution in [3.05, 3.63) is 65.5 Å². The second kappa shape index (κ2) is 11.8. The molecule has 0 bridgehead atoms. The van der Waals surface area contributed by atoms with Crippen molar-refractivity contribution >= 4 is 12.1 Å². The molecule has 0 saturated heterocycles. The van der Waals surface area contributed by atoms with Crippen molar-refractivity contribution in [1.82, 2.24) is 15.0 Å². The van der Waals surface area contributed by atoms with E-state index in [9.17, 15) is 27.9 Å². The van der Waals surface area contributed by atoms with Crippen LogP contribution in [0, 0.1) is 5.92 Å². The summed E-state index contributed by atoms with van der Waals surface area (Å²) in [7, 11) is 0. The third kappa shape index (κ3) is 7.69. The van der Waals surface area contributed by atoms with Crippen LogP contribution in [0.25, 0.3) is 11.5 Å². The Morgan fingerprint density at radius 2 is 1.81 bits per heavy atom. The van der Waals surface area contributed by atoms with Gasteiger partial charge >= 0.3 is 18.2 Å². The molecule has 1 amide bonds. The molecule has 3 aromatic rings. The molecule has 0 aliphatic heterocycles. The summed E-state index contributed by atoms with van der Waals surface area (Å²) in [6, 6.07) is 10.6. The molecule has 0 aliphatic rings. The second-order valence-electron chi connectivity index (χ2n) is 8.62. The van der Waals surface area contributed by atoms with Crippen molar-refractivity contribution in [3.8, 4) is 17.2 Å². The highest BCUT2D eigenvalue weighted by Crippen LogP contribution is 2.32. The standard InChI is InChI=1S/C25H26F3N3O6/c1-15(2)13-36-24(34)31(12-22(32)33)16(3)17-7-9-20(10-8-17)35-14-21-29-23(37-30-21)18-5-4-6-19(11-18)25(26,27)28/h4-11,15-16H,12-14H2,1-3H3,(H,32,33)/t16-/m0/s1. The number of aromatic nitrogens is 2. The summed E-state index contributed by atoms with van der Waals surface area (Å²) in [6.07, 6.45) is -5.22. The van der Waals surface area contributed by atoms with Crippen LogP contribution in [0.2, 0.25) is 0 Å². The third-order valence-electron chi connectivity index (χ3n) is 5.18. The zero-order valence-corrected chi connectivity index (χ0v) is 20.4. The van der Waals surface area contributed by atoms with Gasteiger partial charge in [0, 0.05) is 5.56 Å². The number of carboxylic acids is 1. The predicted molar refractivity (Wildman–Crippen MR) is 124 cm³/mol. The van der Waals surface area contributed by atoms with Gasteiger partial charge in [0.2, 0.25) is 5.82 Å². The molecule has 1 heterocycles. The van der Waals surface area contributed by atoms with Crippen LogP contribution < -0.4 is 4.74 Å². The van der Waals surface area contributed by atoms with Gasteiger partial charge in [-0.25, -0.2) is 4.79 Å². The van der Waals surface area contributed by atoms with E-state index in [1.165, 1.54) is 12.1 Å². The van der Waals surface area contributed by atoms with E-state index in [-0.39, 0.29) is 36.4 Å². The summed E-state index contributed by atoms with van der Waals surface area (Å²) in [5.41, 5.74) is -0.0448. The molecule has 1 aromatic heterocycles. The predicted octanol–water partition coefficient (Wildman–Crippen LogP) is 5.57. The largest absolute Gasteiger partial charge is 0.485 e. The maximum absolute atomic E-state index is 12.9. The average molecular weight is 521 g/mol. The summed E-state index contributed by atoms with van der Waals surface area (Å²) in [5.74, 6) is -0.587. The SMILES string of the molecule is CC(C)COC(=O)N(CC(=O)O)[C@@H](C)c1ccc(OCc2noc(-c3cccc(C(F)(F)F)c3)n2)cc1. The fourth-order valence-electron chi connectivity index (χ4n) is 3.25. The first-order valence-electron chi connectivity index (χ1n) is 11.3. The molecule has 0 saturated carbocycles. The first-order chi connectivity index (χ1) is 17.4. The van der Waals surface area contributed by atoms with Gasteiger partial charge in [-0.1, -0.05) is 37.2 Å². The van der Waals surface area contributed by atoms with E-state index in [1.54, 1.807) is 31.2 Å². The van der Waals surface area contributed by atoms with Crippen LogP contribution in [0.3, 0.4) is 0 Å². The van der Waals surface area contributed by atoms with Gasteiger partial charge in [0.05, 0.1) is 18.2 Å². The normalized spacial score (nSPS) is 12.3. The van der Waals surface area contributed by atoms with Gasteiger partial charge in [-0.15, -0.1) is 0 Å². The van der Waals surface area contributed by atoms with E-state index < -0.39 is 36.4 Å². The topological polar surface area (TPSA) is 115 Å². The summed E-state index contributed by atoms with van der Waals surface area (Å²) >= 11 is 0. The van der Waals surface area contributed by atoms with Crippen LogP contribution in [0.1, 0.15) is 43.8 Å². The van der Waals surface area contributed by atoms with E-state index >= 15 is 0 Å². The van der Waals surface area contributed by atoms with Gasteiger partial charge < -0.3 is 19.1 Å². The lowest BCUT2D eigenvalue weighted by molar-refractivity contribution is -0.139. The van der Waals surface area contributed by atoms with Crippen LogP contribution in [-0.2, 0) is 22.3 Å². The number of amides is 1. The van der Waals surface area contributed by atoms with E-state index in [2.05, 4.69) is 10.1 Å². The van der Waals surface area contributed by atoms with E-state index in [1.807, 2.05) is 13.8 Å². The molecule has 198 valence electrons. The number of carbonyl (C=O) groups excluding carboxylic acids is 1. The number of hydrogen-bond donors (Lipinski definition) is 1. The number of carbonyl (C=O) groups is 2. The van der Waals surface area contributed by atoms with Crippen LogP contribution in [0.15, 0.2) is 53.1 Å². The van der Waals surface area contributed by atoms with Crippen molar-refractivity contribution < 1.29 is 41.9 Å². The molecular formula is C25H26F3N3O6. The molecule has 0 spiro atoms. The fraction of sp³-hybridized carbons (Fsp3) is 0.360. The third-order valence-corrected chi connectivity index (χ3v) is 5.18. The highest BCUT2D eigenvalue weighted by Gasteiger charge is 2.31. The van der Waals surface area contributed by atoms with Crippen molar-refractivity contribution in [3.63, 3.8) is 0 Å². The van der Waals surface area contributed by atoms with Crippen molar-refractivity contribution in [2.24, 2.45) is 5.92 Å². The molecule has 0 aliphatic carbocycles. The fourth-order valence-corrected chi connectivity index (χ4v) is 3.25.